The standard InChI is InChI=1S/C13H17BrO4/c1-3-18-12(16)7-13(17,8-14)10-6-9(2)4-5-11(10)15/h4-6,15,17H,3,7-8H2,1-2H3. The predicted octanol–water partition coefficient (Wildman–Crippen LogP) is 2.24. The third kappa shape index (κ3) is 3.46. The second-order valence-electron chi connectivity index (χ2n) is 4.17. The molecule has 0 saturated heterocycles. The number of aromatic hydroxyl groups is 1. The van der Waals surface area contributed by atoms with Gasteiger partial charge in [0.25, 0.3) is 0 Å². The van der Waals surface area contributed by atoms with Gasteiger partial charge in [-0.15, -0.1) is 0 Å². The summed E-state index contributed by atoms with van der Waals surface area (Å²) in [6.07, 6.45) is -0.205. The van der Waals surface area contributed by atoms with Crippen LogP contribution in [0.4, 0.5) is 0 Å². The molecule has 2 N–H and O–H groups in total. The maximum Gasteiger partial charge on any atom is 0.309 e. The first-order valence-corrected chi connectivity index (χ1v) is 6.79. The fourth-order valence-corrected chi connectivity index (χ4v) is 2.19. The molecule has 0 radical (unpaired) electrons. The first-order valence-electron chi connectivity index (χ1n) is 5.67. The second-order valence-corrected chi connectivity index (χ2v) is 4.73. The summed E-state index contributed by atoms with van der Waals surface area (Å²) >= 11 is 3.18. The van der Waals surface area contributed by atoms with Gasteiger partial charge in [0.1, 0.15) is 11.4 Å². The van der Waals surface area contributed by atoms with Crippen molar-refractivity contribution in [3.63, 3.8) is 0 Å². The monoisotopic (exact) mass is 316 g/mol. The smallest absolute Gasteiger partial charge is 0.309 e. The zero-order valence-electron chi connectivity index (χ0n) is 10.4. The molecule has 18 heavy (non-hydrogen) atoms. The van der Waals surface area contributed by atoms with Gasteiger partial charge in [-0.2, -0.15) is 0 Å². The minimum atomic E-state index is -1.47. The van der Waals surface area contributed by atoms with Gasteiger partial charge >= 0.3 is 5.97 Å². The minimum absolute atomic E-state index is 0.0353. The number of rotatable bonds is 5. The highest BCUT2D eigenvalue weighted by Crippen LogP contribution is 2.34. The summed E-state index contributed by atoms with van der Waals surface area (Å²) in [7, 11) is 0. The Kier molecular flexibility index (Phi) is 5.16. The quantitative estimate of drug-likeness (QED) is 0.646. The molecular formula is C13H17BrO4. The van der Waals surface area contributed by atoms with Crippen molar-refractivity contribution in [3.8, 4) is 5.75 Å². The highest BCUT2D eigenvalue weighted by atomic mass is 79.9. The van der Waals surface area contributed by atoms with E-state index in [9.17, 15) is 15.0 Å². The van der Waals surface area contributed by atoms with Gasteiger partial charge in [-0.3, -0.25) is 4.79 Å². The number of carbonyl (C=O) groups is 1. The molecule has 0 aromatic heterocycles. The maximum atomic E-state index is 11.5. The first-order chi connectivity index (χ1) is 8.42. The van der Waals surface area contributed by atoms with E-state index in [0.29, 0.717) is 5.56 Å². The zero-order chi connectivity index (χ0) is 13.8. The number of esters is 1. The lowest BCUT2D eigenvalue weighted by Gasteiger charge is -2.26. The third-order valence-corrected chi connectivity index (χ3v) is 3.54. The number of phenolic OH excluding ortho intramolecular Hbond substituents is 1. The van der Waals surface area contributed by atoms with Crippen LogP contribution < -0.4 is 0 Å². The average molecular weight is 317 g/mol. The molecule has 0 aliphatic heterocycles. The highest BCUT2D eigenvalue weighted by Gasteiger charge is 2.34. The highest BCUT2D eigenvalue weighted by molar-refractivity contribution is 9.09. The van der Waals surface area contributed by atoms with Crippen LogP contribution in [-0.4, -0.2) is 28.1 Å². The van der Waals surface area contributed by atoms with Crippen molar-refractivity contribution < 1.29 is 19.7 Å². The van der Waals surface area contributed by atoms with E-state index < -0.39 is 11.6 Å². The number of hydrogen-bond donors (Lipinski definition) is 2. The molecule has 0 spiro atoms. The van der Waals surface area contributed by atoms with Crippen molar-refractivity contribution in [1.29, 1.82) is 0 Å². The lowest BCUT2D eigenvalue weighted by atomic mass is 9.90. The number of phenols is 1. The molecule has 100 valence electrons. The first kappa shape index (κ1) is 15.0. The zero-order valence-corrected chi connectivity index (χ0v) is 12.0. The van der Waals surface area contributed by atoms with E-state index in [1.165, 1.54) is 6.07 Å². The van der Waals surface area contributed by atoms with Crippen LogP contribution in [0.25, 0.3) is 0 Å². The molecule has 1 aromatic carbocycles. The molecule has 5 heteroatoms. The predicted molar refractivity (Wildman–Crippen MR) is 71.8 cm³/mol. The Labute approximate surface area is 115 Å². The summed E-state index contributed by atoms with van der Waals surface area (Å²) in [6, 6.07) is 4.90. The molecule has 0 fully saturated rings. The van der Waals surface area contributed by atoms with E-state index in [2.05, 4.69) is 15.9 Å². The Bertz CT molecular complexity index is 433. The minimum Gasteiger partial charge on any atom is -0.508 e. The molecule has 0 bridgehead atoms. The van der Waals surface area contributed by atoms with Crippen LogP contribution in [0.5, 0.6) is 5.75 Å². The molecule has 0 amide bonds. The fraction of sp³-hybridized carbons (Fsp3) is 0.462. The number of aryl methyl sites for hydroxylation is 1. The molecule has 0 aliphatic rings. The third-order valence-electron chi connectivity index (χ3n) is 2.62. The van der Waals surface area contributed by atoms with E-state index in [1.807, 2.05) is 6.92 Å². The summed E-state index contributed by atoms with van der Waals surface area (Å²) in [5.74, 6) is -0.535. The van der Waals surface area contributed by atoms with E-state index in [-0.39, 0.29) is 24.1 Å². The summed E-state index contributed by atoms with van der Waals surface area (Å²) in [6.45, 7) is 3.81. The van der Waals surface area contributed by atoms with Crippen LogP contribution >= 0.6 is 15.9 Å². The fourth-order valence-electron chi connectivity index (χ4n) is 1.69. The van der Waals surface area contributed by atoms with E-state index in [1.54, 1.807) is 19.1 Å². The molecule has 4 nitrogen and oxygen atoms in total. The van der Waals surface area contributed by atoms with Crippen molar-refractivity contribution in [1.82, 2.24) is 0 Å². The van der Waals surface area contributed by atoms with Gasteiger partial charge in [-0.25, -0.2) is 0 Å². The van der Waals surface area contributed by atoms with Crippen molar-refractivity contribution in [2.45, 2.75) is 25.9 Å². The molecule has 0 heterocycles. The van der Waals surface area contributed by atoms with Gasteiger partial charge in [-0.1, -0.05) is 27.6 Å². The molecule has 1 rings (SSSR count). The lowest BCUT2D eigenvalue weighted by Crippen LogP contribution is -2.32. The topological polar surface area (TPSA) is 66.8 Å². The van der Waals surface area contributed by atoms with Crippen LogP contribution in [0.2, 0.25) is 0 Å². The number of benzene rings is 1. The molecule has 1 aromatic rings. The van der Waals surface area contributed by atoms with Gasteiger partial charge in [0.05, 0.1) is 13.0 Å². The van der Waals surface area contributed by atoms with Crippen LogP contribution in [0.15, 0.2) is 18.2 Å². The Hall–Kier alpha value is -1.07. The average Bonchev–Trinajstić information content (AvgIpc) is 2.32. The Morgan fingerprint density at radius 3 is 2.72 bits per heavy atom. The van der Waals surface area contributed by atoms with E-state index >= 15 is 0 Å². The van der Waals surface area contributed by atoms with E-state index in [4.69, 9.17) is 4.74 Å². The van der Waals surface area contributed by atoms with Gasteiger partial charge in [0.2, 0.25) is 0 Å². The van der Waals surface area contributed by atoms with Crippen LogP contribution in [0.3, 0.4) is 0 Å². The summed E-state index contributed by atoms with van der Waals surface area (Å²) in [5.41, 5.74) is -0.249. The van der Waals surface area contributed by atoms with Crippen molar-refractivity contribution in [2.24, 2.45) is 0 Å². The normalized spacial score (nSPS) is 14.0. The van der Waals surface area contributed by atoms with Crippen molar-refractivity contribution in [2.75, 3.05) is 11.9 Å². The molecule has 1 atom stereocenters. The van der Waals surface area contributed by atoms with Gasteiger partial charge < -0.3 is 14.9 Å². The maximum absolute atomic E-state index is 11.5. The van der Waals surface area contributed by atoms with Crippen molar-refractivity contribution >= 4 is 21.9 Å². The SMILES string of the molecule is CCOC(=O)CC(O)(CBr)c1cc(C)ccc1O. The summed E-state index contributed by atoms with van der Waals surface area (Å²) < 4.78 is 4.83. The number of ether oxygens (including phenoxy) is 1. The Balaban J connectivity index is 3.06. The number of halogens is 1. The Morgan fingerprint density at radius 1 is 1.50 bits per heavy atom. The number of aliphatic hydroxyl groups is 1. The number of hydrogen-bond acceptors (Lipinski definition) is 4. The van der Waals surface area contributed by atoms with Crippen LogP contribution in [0, 0.1) is 6.92 Å². The van der Waals surface area contributed by atoms with Gasteiger partial charge in [0.15, 0.2) is 0 Å². The van der Waals surface area contributed by atoms with Crippen LogP contribution in [-0.2, 0) is 15.1 Å². The van der Waals surface area contributed by atoms with Gasteiger partial charge in [-0.05, 0) is 26.0 Å². The molecule has 0 aliphatic carbocycles. The number of alkyl halides is 1. The Morgan fingerprint density at radius 2 is 2.17 bits per heavy atom. The van der Waals surface area contributed by atoms with Crippen LogP contribution in [0.1, 0.15) is 24.5 Å². The van der Waals surface area contributed by atoms with E-state index in [0.717, 1.165) is 5.56 Å². The molecule has 1 unspecified atom stereocenters. The summed E-state index contributed by atoms with van der Waals surface area (Å²) in [4.78, 5) is 11.5. The van der Waals surface area contributed by atoms with Gasteiger partial charge in [0, 0.05) is 10.9 Å². The molecular weight excluding hydrogens is 300 g/mol. The van der Waals surface area contributed by atoms with Crippen molar-refractivity contribution in [3.05, 3.63) is 29.3 Å². The number of carbonyl (C=O) groups excluding carboxylic acids is 1. The summed E-state index contributed by atoms with van der Waals surface area (Å²) in [5, 5.41) is 20.4. The second kappa shape index (κ2) is 6.20. The largest absolute Gasteiger partial charge is 0.508 e. The lowest BCUT2D eigenvalue weighted by molar-refractivity contribution is -0.148. The molecule has 0 saturated carbocycles.